The lowest BCUT2D eigenvalue weighted by Gasteiger charge is -2.23. The van der Waals surface area contributed by atoms with Crippen molar-refractivity contribution in [3.05, 3.63) is 35.9 Å². The monoisotopic (exact) mass is 290 g/mol. The quantitative estimate of drug-likeness (QED) is 0.827. The molecule has 0 aromatic heterocycles. The van der Waals surface area contributed by atoms with E-state index in [1.165, 1.54) is 5.56 Å². The molecule has 1 heterocycles. The van der Waals surface area contributed by atoms with E-state index >= 15 is 0 Å². The van der Waals surface area contributed by atoms with Gasteiger partial charge in [0, 0.05) is 45.6 Å². The summed E-state index contributed by atoms with van der Waals surface area (Å²) in [5.74, 6) is 0.665. The molecule has 0 saturated carbocycles. The molecule has 0 bridgehead atoms. The molecule has 1 aromatic rings. The summed E-state index contributed by atoms with van der Waals surface area (Å²) >= 11 is 0. The predicted molar refractivity (Wildman–Crippen MR) is 84.2 cm³/mol. The van der Waals surface area contributed by atoms with Gasteiger partial charge in [0.1, 0.15) is 0 Å². The Morgan fingerprint density at radius 3 is 2.71 bits per heavy atom. The van der Waals surface area contributed by atoms with Gasteiger partial charge in [0.2, 0.25) is 5.91 Å². The molecule has 1 amide bonds. The highest BCUT2D eigenvalue weighted by Gasteiger charge is 2.23. The minimum Gasteiger partial charge on any atom is -0.384 e. The van der Waals surface area contributed by atoms with E-state index in [1.807, 2.05) is 23.1 Å². The number of likely N-dealkylation sites (N-methyl/N-ethyl adjacent to an activating group) is 1. The van der Waals surface area contributed by atoms with E-state index in [4.69, 9.17) is 4.74 Å². The number of nitrogens with zero attached hydrogens (tertiary/aromatic N) is 2. The third-order valence-electron chi connectivity index (χ3n) is 4.03. The average Bonchev–Trinajstić information content (AvgIpc) is 2.68. The third kappa shape index (κ3) is 5.14. The largest absolute Gasteiger partial charge is 0.384 e. The second-order valence-corrected chi connectivity index (χ2v) is 5.91. The summed E-state index contributed by atoms with van der Waals surface area (Å²) in [5, 5.41) is 0. The van der Waals surface area contributed by atoms with E-state index in [2.05, 4.69) is 24.1 Å². The van der Waals surface area contributed by atoms with Gasteiger partial charge in [0.05, 0.1) is 6.61 Å². The minimum atomic E-state index is 0.259. The van der Waals surface area contributed by atoms with Gasteiger partial charge in [-0.1, -0.05) is 30.3 Å². The molecule has 1 unspecified atom stereocenters. The van der Waals surface area contributed by atoms with Crippen molar-refractivity contribution < 1.29 is 9.53 Å². The van der Waals surface area contributed by atoms with Crippen LogP contribution < -0.4 is 0 Å². The van der Waals surface area contributed by atoms with E-state index in [9.17, 15) is 4.79 Å². The number of carbonyl (C=O) groups is 1. The molecule has 1 saturated heterocycles. The molecule has 0 radical (unpaired) electrons. The van der Waals surface area contributed by atoms with E-state index in [-0.39, 0.29) is 5.91 Å². The molecule has 4 heteroatoms. The Bertz CT molecular complexity index is 436. The number of hydrogen-bond donors (Lipinski definition) is 0. The van der Waals surface area contributed by atoms with Crippen LogP contribution in [-0.2, 0) is 16.0 Å². The first kappa shape index (κ1) is 16.0. The van der Waals surface area contributed by atoms with Crippen molar-refractivity contribution in [3.63, 3.8) is 0 Å². The van der Waals surface area contributed by atoms with E-state index in [1.54, 1.807) is 7.11 Å². The van der Waals surface area contributed by atoms with Crippen LogP contribution in [0.25, 0.3) is 0 Å². The summed E-state index contributed by atoms with van der Waals surface area (Å²) in [6, 6.07) is 10.2. The Labute approximate surface area is 127 Å². The van der Waals surface area contributed by atoms with Gasteiger partial charge in [-0.3, -0.25) is 4.79 Å². The highest BCUT2D eigenvalue weighted by atomic mass is 16.5. The first-order valence-electron chi connectivity index (χ1n) is 7.68. The summed E-state index contributed by atoms with van der Waals surface area (Å²) in [6.45, 7) is 4.29. The Hall–Kier alpha value is -1.39. The van der Waals surface area contributed by atoms with Crippen LogP contribution in [0.3, 0.4) is 0 Å². The standard InChI is InChI=1S/C17H26N2O2/c1-18-10-11-19(13-16(12-18)14-21-2)17(20)9-8-15-6-4-3-5-7-15/h3-7,16H,8-14H2,1-2H3. The molecular weight excluding hydrogens is 264 g/mol. The van der Waals surface area contributed by atoms with Crippen LogP contribution in [0.15, 0.2) is 30.3 Å². The Balaban J connectivity index is 1.88. The molecule has 1 aliphatic heterocycles. The Kier molecular flexibility index (Phi) is 6.21. The van der Waals surface area contributed by atoms with E-state index < -0.39 is 0 Å². The van der Waals surface area contributed by atoms with Crippen molar-refractivity contribution in [1.29, 1.82) is 0 Å². The van der Waals surface area contributed by atoms with Gasteiger partial charge >= 0.3 is 0 Å². The fraction of sp³-hybridized carbons (Fsp3) is 0.588. The average molecular weight is 290 g/mol. The normalized spacial score (nSPS) is 20.3. The van der Waals surface area contributed by atoms with Crippen LogP contribution in [-0.4, -0.2) is 62.7 Å². The van der Waals surface area contributed by atoms with Gasteiger partial charge < -0.3 is 14.5 Å². The maximum atomic E-state index is 12.4. The number of aryl methyl sites for hydroxylation is 1. The fourth-order valence-corrected chi connectivity index (χ4v) is 2.91. The lowest BCUT2D eigenvalue weighted by atomic mass is 10.1. The fourth-order valence-electron chi connectivity index (χ4n) is 2.91. The van der Waals surface area contributed by atoms with E-state index in [0.717, 1.165) is 32.6 Å². The second kappa shape index (κ2) is 8.15. The van der Waals surface area contributed by atoms with Crippen molar-refractivity contribution in [2.75, 3.05) is 46.9 Å². The van der Waals surface area contributed by atoms with Gasteiger partial charge in [-0.2, -0.15) is 0 Å². The number of hydrogen-bond acceptors (Lipinski definition) is 3. The molecule has 1 fully saturated rings. The Morgan fingerprint density at radius 1 is 1.24 bits per heavy atom. The van der Waals surface area contributed by atoms with Gasteiger partial charge in [-0.25, -0.2) is 0 Å². The maximum Gasteiger partial charge on any atom is 0.222 e. The van der Waals surface area contributed by atoms with Crippen molar-refractivity contribution in [1.82, 2.24) is 9.80 Å². The predicted octanol–water partition coefficient (Wildman–Crippen LogP) is 1.66. The smallest absolute Gasteiger partial charge is 0.222 e. The number of methoxy groups -OCH3 is 1. The van der Waals surface area contributed by atoms with Gasteiger partial charge in [0.15, 0.2) is 0 Å². The molecule has 21 heavy (non-hydrogen) atoms. The molecule has 116 valence electrons. The van der Waals surface area contributed by atoms with Crippen LogP contribution in [0.5, 0.6) is 0 Å². The topological polar surface area (TPSA) is 32.8 Å². The first-order chi connectivity index (χ1) is 10.2. The minimum absolute atomic E-state index is 0.259. The lowest BCUT2D eigenvalue weighted by Crippen LogP contribution is -2.37. The lowest BCUT2D eigenvalue weighted by molar-refractivity contribution is -0.131. The molecule has 0 spiro atoms. The Morgan fingerprint density at radius 2 is 2.00 bits per heavy atom. The summed E-state index contributed by atoms with van der Waals surface area (Å²) in [5.41, 5.74) is 1.23. The highest BCUT2D eigenvalue weighted by molar-refractivity contribution is 5.76. The van der Waals surface area contributed by atoms with Gasteiger partial charge in [-0.15, -0.1) is 0 Å². The van der Waals surface area contributed by atoms with Crippen molar-refractivity contribution in [2.24, 2.45) is 5.92 Å². The SMILES string of the molecule is COCC1CN(C)CCN(C(=O)CCc2ccccc2)C1. The van der Waals surface area contributed by atoms with Gasteiger partial charge in [-0.05, 0) is 19.0 Å². The zero-order valence-corrected chi connectivity index (χ0v) is 13.1. The number of carbonyl (C=O) groups excluding carboxylic acids is 1. The van der Waals surface area contributed by atoms with Crippen molar-refractivity contribution in [2.45, 2.75) is 12.8 Å². The highest BCUT2D eigenvalue weighted by Crippen LogP contribution is 2.12. The summed E-state index contributed by atoms with van der Waals surface area (Å²) in [7, 11) is 3.84. The molecule has 4 nitrogen and oxygen atoms in total. The van der Waals surface area contributed by atoms with Crippen molar-refractivity contribution >= 4 is 5.91 Å². The number of ether oxygens (including phenoxy) is 1. The second-order valence-electron chi connectivity index (χ2n) is 5.91. The number of benzene rings is 1. The molecule has 1 aromatic carbocycles. The first-order valence-corrected chi connectivity index (χ1v) is 7.68. The summed E-state index contributed by atoms with van der Waals surface area (Å²) in [4.78, 5) is 16.7. The molecular formula is C17H26N2O2. The van der Waals surface area contributed by atoms with Crippen LogP contribution in [0.2, 0.25) is 0 Å². The van der Waals surface area contributed by atoms with Gasteiger partial charge in [0.25, 0.3) is 0 Å². The zero-order valence-electron chi connectivity index (χ0n) is 13.1. The molecule has 2 rings (SSSR count). The number of rotatable bonds is 5. The van der Waals surface area contributed by atoms with Crippen molar-refractivity contribution in [3.8, 4) is 0 Å². The van der Waals surface area contributed by atoms with Crippen LogP contribution >= 0.6 is 0 Å². The zero-order chi connectivity index (χ0) is 15.1. The molecule has 0 aliphatic carbocycles. The summed E-state index contributed by atoms with van der Waals surface area (Å²) < 4.78 is 5.28. The van der Waals surface area contributed by atoms with E-state index in [0.29, 0.717) is 18.9 Å². The summed E-state index contributed by atoms with van der Waals surface area (Å²) in [6.07, 6.45) is 1.41. The molecule has 1 aliphatic rings. The maximum absolute atomic E-state index is 12.4. The molecule has 1 atom stereocenters. The van der Waals surface area contributed by atoms with Crippen LogP contribution in [0, 0.1) is 5.92 Å². The third-order valence-corrected chi connectivity index (χ3v) is 4.03. The van der Waals surface area contributed by atoms with Crippen LogP contribution in [0.1, 0.15) is 12.0 Å². The van der Waals surface area contributed by atoms with Crippen LogP contribution in [0.4, 0.5) is 0 Å². The molecule has 0 N–H and O–H groups in total. The number of amides is 1.